The fourth-order valence-corrected chi connectivity index (χ4v) is 6.14. The minimum atomic E-state index is -1.29. The molecular formula is C43H64O12. The Bertz CT molecular complexity index is 1540. The second-order valence-corrected chi connectivity index (χ2v) is 12.9. The number of ether oxygens (including phenoxy) is 10. The van der Waals surface area contributed by atoms with Crippen molar-refractivity contribution >= 4 is 11.6 Å². The van der Waals surface area contributed by atoms with Gasteiger partial charge in [-0.15, -0.1) is 0 Å². The van der Waals surface area contributed by atoms with Gasteiger partial charge >= 0.3 is 0 Å². The van der Waals surface area contributed by atoms with E-state index < -0.39 is 17.6 Å². The lowest BCUT2D eigenvalue weighted by Crippen LogP contribution is -2.31. The first-order chi connectivity index (χ1) is 26.1. The predicted octanol–water partition coefficient (Wildman–Crippen LogP) is 9.03. The second-order valence-electron chi connectivity index (χ2n) is 12.9. The molecule has 0 amide bonds. The lowest BCUT2D eigenvalue weighted by atomic mass is 9.75. The minimum absolute atomic E-state index is 0.161. The summed E-state index contributed by atoms with van der Waals surface area (Å²) < 4.78 is 64.2. The van der Waals surface area contributed by atoms with Gasteiger partial charge in [0.25, 0.3) is 0 Å². The lowest BCUT2D eigenvalue weighted by molar-refractivity contribution is -0.121. The molecular weight excluding hydrogens is 708 g/mol. The summed E-state index contributed by atoms with van der Waals surface area (Å²) in [6, 6.07) is 0. The molecule has 0 N–H and O–H groups in total. The van der Waals surface area contributed by atoms with E-state index in [1.165, 1.54) is 0 Å². The Morgan fingerprint density at radius 2 is 0.636 bits per heavy atom. The standard InChI is InChI=1S/C43H64O12/c1-17-46-33-29(35(54-27(13)31(44)25(9)10)39(50-21-5)41(52-23-7)37(33)48-19-3)43(15,16)30-34(47-18-2)38(49-20-4)42(53-24-8)40(51-22-6)36(30)55-28(14)32(45)26(11)12/h27-28H,9,11,17-24H2,1-8,10,12-16H3. The van der Waals surface area contributed by atoms with Crippen molar-refractivity contribution in [1.29, 1.82) is 0 Å². The highest BCUT2D eigenvalue weighted by Crippen LogP contribution is 2.64. The first kappa shape index (κ1) is 46.4. The maximum atomic E-state index is 13.4. The van der Waals surface area contributed by atoms with Crippen molar-refractivity contribution in [3.63, 3.8) is 0 Å². The molecule has 0 aliphatic heterocycles. The molecule has 0 bridgehead atoms. The van der Waals surface area contributed by atoms with E-state index in [1.807, 2.05) is 69.2 Å². The monoisotopic (exact) mass is 772 g/mol. The van der Waals surface area contributed by atoms with Gasteiger partial charge in [-0.1, -0.05) is 27.0 Å². The van der Waals surface area contributed by atoms with Gasteiger partial charge in [-0.05, 0) is 94.2 Å². The number of hydrogen-bond acceptors (Lipinski definition) is 12. The van der Waals surface area contributed by atoms with Gasteiger partial charge in [-0.2, -0.15) is 0 Å². The number of carbonyl (C=O) groups excluding carboxylic acids is 2. The van der Waals surface area contributed by atoms with Crippen molar-refractivity contribution in [3.05, 3.63) is 35.4 Å². The van der Waals surface area contributed by atoms with E-state index in [2.05, 4.69) is 13.2 Å². The number of carbonyl (C=O) groups is 2. The molecule has 0 heterocycles. The van der Waals surface area contributed by atoms with E-state index >= 15 is 0 Å². The highest BCUT2D eigenvalue weighted by Gasteiger charge is 2.46. The zero-order valence-electron chi connectivity index (χ0n) is 35.6. The fourth-order valence-electron chi connectivity index (χ4n) is 6.14. The Kier molecular flexibility index (Phi) is 18.0. The van der Waals surface area contributed by atoms with E-state index in [4.69, 9.17) is 47.4 Å². The number of rotatable bonds is 26. The lowest BCUT2D eigenvalue weighted by Gasteiger charge is -2.37. The van der Waals surface area contributed by atoms with Gasteiger partial charge in [0, 0.05) is 5.41 Å². The van der Waals surface area contributed by atoms with Crippen LogP contribution in [0, 0.1) is 0 Å². The molecule has 2 aromatic carbocycles. The first-order valence-corrected chi connectivity index (χ1v) is 19.3. The Labute approximate surface area is 328 Å². The number of hydrogen-bond donors (Lipinski definition) is 0. The van der Waals surface area contributed by atoms with E-state index in [1.54, 1.807) is 27.7 Å². The molecule has 0 spiro atoms. The van der Waals surface area contributed by atoms with E-state index in [9.17, 15) is 9.59 Å². The van der Waals surface area contributed by atoms with Crippen molar-refractivity contribution in [2.24, 2.45) is 0 Å². The van der Waals surface area contributed by atoms with Crippen LogP contribution in [-0.4, -0.2) is 76.6 Å². The molecule has 55 heavy (non-hydrogen) atoms. The van der Waals surface area contributed by atoms with Crippen molar-refractivity contribution in [2.45, 2.75) is 115 Å². The number of Topliss-reactive ketones (excluding diaryl/α,β-unsaturated/α-hetero) is 2. The summed E-state index contributed by atoms with van der Waals surface area (Å²) in [7, 11) is 0. The van der Waals surface area contributed by atoms with Crippen LogP contribution < -0.4 is 47.4 Å². The van der Waals surface area contributed by atoms with Crippen LogP contribution in [0.25, 0.3) is 0 Å². The topological polar surface area (TPSA) is 126 Å². The quantitative estimate of drug-likeness (QED) is 0.0847. The summed E-state index contributed by atoms with van der Waals surface area (Å²) in [5, 5.41) is 0. The van der Waals surface area contributed by atoms with Crippen LogP contribution in [0.3, 0.4) is 0 Å². The highest BCUT2D eigenvalue weighted by molar-refractivity contribution is 5.98. The van der Waals surface area contributed by atoms with Crippen LogP contribution >= 0.6 is 0 Å². The van der Waals surface area contributed by atoms with Crippen molar-refractivity contribution < 1.29 is 57.0 Å². The van der Waals surface area contributed by atoms with Gasteiger partial charge < -0.3 is 47.4 Å². The molecule has 0 saturated heterocycles. The normalized spacial score (nSPS) is 12.2. The Balaban J connectivity index is 3.58. The Morgan fingerprint density at radius 1 is 0.436 bits per heavy atom. The summed E-state index contributed by atoms with van der Waals surface area (Å²) in [6.07, 6.45) is -2.02. The smallest absolute Gasteiger partial charge is 0.211 e. The third kappa shape index (κ3) is 10.3. The van der Waals surface area contributed by atoms with Crippen LogP contribution in [0.1, 0.15) is 108 Å². The minimum Gasteiger partial charge on any atom is -0.489 e. The third-order valence-corrected chi connectivity index (χ3v) is 8.29. The van der Waals surface area contributed by atoms with Gasteiger partial charge in [0.15, 0.2) is 46.8 Å². The Morgan fingerprint density at radius 3 is 0.855 bits per heavy atom. The van der Waals surface area contributed by atoms with Gasteiger partial charge in [-0.3, -0.25) is 9.59 Å². The summed E-state index contributed by atoms with van der Waals surface area (Å²) in [5.41, 5.74) is 0.149. The first-order valence-electron chi connectivity index (χ1n) is 19.3. The maximum absolute atomic E-state index is 13.4. The zero-order chi connectivity index (χ0) is 41.6. The average Bonchev–Trinajstić information content (AvgIpc) is 3.13. The third-order valence-electron chi connectivity index (χ3n) is 8.29. The van der Waals surface area contributed by atoms with Gasteiger partial charge in [0.1, 0.15) is 0 Å². The molecule has 2 rings (SSSR count). The summed E-state index contributed by atoms with van der Waals surface area (Å²) in [4.78, 5) is 26.9. The molecule has 12 heteroatoms. The second kappa shape index (κ2) is 21.4. The molecule has 2 unspecified atom stereocenters. The largest absolute Gasteiger partial charge is 0.489 e. The molecule has 12 nitrogen and oxygen atoms in total. The zero-order valence-corrected chi connectivity index (χ0v) is 35.6. The van der Waals surface area contributed by atoms with Crippen molar-refractivity contribution in [1.82, 2.24) is 0 Å². The van der Waals surface area contributed by atoms with Crippen LogP contribution in [0.2, 0.25) is 0 Å². The molecule has 0 saturated carbocycles. The van der Waals surface area contributed by atoms with Gasteiger partial charge in [0.05, 0.1) is 64.0 Å². The average molecular weight is 773 g/mol. The van der Waals surface area contributed by atoms with E-state index in [-0.39, 0.29) is 122 Å². The predicted molar refractivity (Wildman–Crippen MR) is 214 cm³/mol. The molecule has 0 aromatic heterocycles. The molecule has 308 valence electrons. The van der Waals surface area contributed by atoms with E-state index in [0.29, 0.717) is 22.3 Å². The van der Waals surface area contributed by atoms with Crippen molar-refractivity contribution in [2.75, 3.05) is 52.9 Å². The van der Waals surface area contributed by atoms with Crippen LogP contribution in [0.15, 0.2) is 24.3 Å². The maximum Gasteiger partial charge on any atom is 0.211 e. The number of benzene rings is 2. The molecule has 0 fully saturated rings. The summed E-state index contributed by atoms with van der Waals surface area (Å²) in [5.74, 6) is 1.68. The highest BCUT2D eigenvalue weighted by atomic mass is 16.6. The van der Waals surface area contributed by atoms with Crippen LogP contribution in [-0.2, 0) is 15.0 Å². The molecule has 0 radical (unpaired) electrons. The molecule has 2 aromatic rings. The van der Waals surface area contributed by atoms with E-state index in [0.717, 1.165) is 0 Å². The molecule has 0 aliphatic rings. The van der Waals surface area contributed by atoms with Gasteiger partial charge in [-0.25, -0.2) is 0 Å². The fraction of sp³-hybridized carbons (Fsp3) is 0.581. The summed E-state index contributed by atoms with van der Waals surface area (Å²) in [6.45, 7) is 34.7. The molecule has 2 atom stereocenters. The number of ketones is 2. The van der Waals surface area contributed by atoms with Crippen LogP contribution in [0.5, 0.6) is 57.5 Å². The Hall–Kier alpha value is -4.74. The van der Waals surface area contributed by atoms with Gasteiger partial charge in [0.2, 0.25) is 34.5 Å². The van der Waals surface area contributed by atoms with Crippen LogP contribution in [0.4, 0.5) is 0 Å². The molecule has 0 aliphatic carbocycles. The van der Waals surface area contributed by atoms with Crippen molar-refractivity contribution in [3.8, 4) is 57.5 Å². The summed E-state index contributed by atoms with van der Waals surface area (Å²) >= 11 is 0. The SMILES string of the molecule is C=C(C)C(=O)C(C)Oc1c(OCC)c(OCC)c(OCC)c(OCC)c1C(C)(C)c1c(OCC)c(OCC)c(OCC)c(OCC)c1OC(C)C(=O)C(=C)C.